The summed E-state index contributed by atoms with van der Waals surface area (Å²) < 4.78 is 38.0. The van der Waals surface area contributed by atoms with E-state index in [1.165, 1.54) is 0 Å². The first-order chi connectivity index (χ1) is 10.4. The molecule has 1 aliphatic rings. The molecule has 1 aromatic carbocycles. The van der Waals surface area contributed by atoms with Crippen LogP contribution >= 0.6 is 0 Å². The molecule has 124 valence electrons. The van der Waals surface area contributed by atoms with E-state index in [-0.39, 0.29) is 17.7 Å². The van der Waals surface area contributed by atoms with Crippen molar-refractivity contribution in [1.82, 2.24) is 4.72 Å². The number of benzene rings is 1. The van der Waals surface area contributed by atoms with Crippen molar-refractivity contribution < 1.29 is 17.9 Å². The highest BCUT2D eigenvalue weighted by Crippen LogP contribution is 2.30. The molecular weight excluding hydrogens is 302 g/mol. The van der Waals surface area contributed by atoms with Crippen molar-refractivity contribution in [2.75, 3.05) is 20.0 Å². The Morgan fingerprint density at radius 3 is 2.50 bits per heavy atom. The summed E-state index contributed by atoms with van der Waals surface area (Å²) in [7, 11) is -0.145. The van der Waals surface area contributed by atoms with Gasteiger partial charge in [0.1, 0.15) is 11.5 Å². The first-order valence-corrected chi connectivity index (χ1v) is 9.32. The molecule has 1 aromatic rings. The quantitative estimate of drug-likeness (QED) is 0.836. The molecule has 0 heterocycles. The molecule has 0 unspecified atom stereocenters. The Kier molecular flexibility index (Phi) is 5.69. The Balaban J connectivity index is 2.11. The fourth-order valence-corrected chi connectivity index (χ4v) is 4.76. The van der Waals surface area contributed by atoms with Crippen molar-refractivity contribution in [3.05, 3.63) is 23.8 Å². The molecule has 0 radical (unpaired) electrons. The van der Waals surface area contributed by atoms with Gasteiger partial charge in [0.2, 0.25) is 10.0 Å². The summed E-state index contributed by atoms with van der Waals surface area (Å²) in [5.41, 5.74) is 0.775. The maximum Gasteiger partial charge on any atom is 0.212 e. The number of rotatable bonds is 7. The minimum Gasteiger partial charge on any atom is -0.497 e. The summed E-state index contributed by atoms with van der Waals surface area (Å²) in [5, 5.41) is 0. The highest BCUT2D eigenvalue weighted by Gasteiger charge is 2.25. The van der Waals surface area contributed by atoms with Crippen LogP contribution in [0.2, 0.25) is 0 Å². The maximum absolute atomic E-state index is 12.3. The largest absolute Gasteiger partial charge is 0.497 e. The van der Waals surface area contributed by atoms with Crippen LogP contribution < -0.4 is 14.2 Å². The monoisotopic (exact) mass is 327 g/mol. The first kappa shape index (κ1) is 17.1. The van der Waals surface area contributed by atoms with Gasteiger partial charge in [-0.15, -0.1) is 0 Å². The average Bonchev–Trinajstić information content (AvgIpc) is 2.97. The summed E-state index contributed by atoms with van der Waals surface area (Å²) in [6.45, 7) is 1.82. The van der Waals surface area contributed by atoms with Crippen LogP contribution in [0.25, 0.3) is 0 Å². The Morgan fingerprint density at radius 1 is 1.23 bits per heavy atom. The van der Waals surface area contributed by atoms with Gasteiger partial charge in [0, 0.05) is 11.6 Å². The summed E-state index contributed by atoms with van der Waals surface area (Å²) in [5.74, 6) is 1.83. The lowest BCUT2D eigenvalue weighted by Crippen LogP contribution is -2.31. The summed E-state index contributed by atoms with van der Waals surface area (Å²) in [6, 6.07) is 5.02. The molecule has 0 aliphatic heterocycles. The third kappa shape index (κ3) is 4.36. The predicted molar refractivity (Wildman–Crippen MR) is 86.8 cm³/mol. The maximum atomic E-state index is 12.3. The highest BCUT2D eigenvalue weighted by molar-refractivity contribution is 7.89. The lowest BCUT2D eigenvalue weighted by molar-refractivity contribution is 0.395. The van der Waals surface area contributed by atoms with E-state index in [1.54, 1.807) is 26.4 Å². The fraction of sp³-hybridized carbons (Fsp3) is 0.625. The van der Waals surface area contributed by atoms with Gasteiger partial charge < -0.3 is 9.47 Å². The number of hydrogen-bond acceptors (Lipinski definition) is 4. The predicted octanol–water partition coefficient (Wildman–Crippen LogP) is 2.87. The summed E-state index contributed by atoms with van der Waals surface area (Å²) >= 11 is 0. The van der Waals surface area contributed by atoms with Gasteiger partial charge >= 0.3 is 0 Å². The summed E-state index contributed by atoms with van der Waals surface area (Å²) in [4.78, 5) is 0. The van der Waals surface area contributed by atoms with Crippen LogP contribution in [-0.2, 0) is 10.0 Å². The van der Waals surface area contributed by atoms with E-state index in [9.17, 15) is 8.42 Å². The van der Waals surface area contributed by atoms with Gasteiger partial charge in [-0.3, -0.25) is 0 Å². The minimum absolute atomic E-state index is 0.212. The second-order valence-electron chi connectivity index (χ2n) is 5.88. The Morgan fingerprint density at radius 2 is 1.91 bits per heavy atom. The molecule has 1 atom stereocenters. The van der Waals surface area contributed by atoms with E-state index in [0.29, 0.717) is 11.5 Å². The van der Waals surface area contributed by atoms with Crippen LogP contribution in [-0.4, -0.2) is 28.4 Å². The molecule has 1 aliphatic carbocycles. The molecule has 1 fully saturated rings. The number of hydrogen-bond donors (Lipinski definition) is 1. The Labute approximate surface area is 133 Å². The van der Waals surface area contributed by atoms with Crippen LogP contribution in [0, 0.1) is 5.92 Å². The van der Waals surface area contributed by atoms with Crippen LogP contribution in [0.4, 0.5) is 0 Å². The molecule has 0 aromatic heterocycles. The Bertz CT molecular complexity index is 594. The topological polar surface area (TPSA) is 64.6 Å². The average molecular weight is 327 g/mol. The third-order valence-corrected chi connectivity index (χ3v) is 5.81. The van der Waals surface area contributed by atoms with Crippen molar-refractivity contribution in [3.63, 3.8) is 0 Å². The zero-order chi connectivity index (χ0) is 16.2. The van der Waals surface area contributed by atoms with E-state index in [2.05, 4.69) is 4.72 Å². The van der Waals surface area contributed by atoms with Crippen molar-refractivity contribution in [2.45, 2.75) is 38.6 Å². The lowest BCUT2D eigenvalue weighted by atomic mass is 10.1. The molecule has 0 saturated heterocycles. The second-order valence-corrected chi connectivity index (χ2v) is 7.68. The zero-order valence-corrected chi connectivity index (χ0v) is 14.3. The first-order valence-electron chi connectivity index (χ1n) is 7.67. The molecule has 0 bridgehead atoms. The SMILES string of the molecule is COc1ccc(OC)c([C@H](C)NS(=O)(=O)CC2CCCC2)c1. The van der Waals surface area contributed by atoms with Gasteiger partial charge in [-0.25, -0.2) is 13.1 Å². The molecule has 1 saturated carbocycles. The molecular formula is C16H25NO4S. The molecule has 22 heavy (non-hydrogen) atoms. The number of ether oxygens (including phenoxy) is 2. The number of methoxy groups -OCH3 is 2. The van der Waals surface area contributed by atoms with Crippen LogP contribution in [0.3, 0.4) is 0 Å². The van der Waals surface area contributed by atoms with E-state index >= 15 is 0 Å². The van der Waals surface area contributed by atoms with Crippen molar-refractivity contribution in [2.24, 2.45) is 5.92 Å². The Hall–Kier alpha value is -1.27. The zero-order valence-electron chi connectivity index (χ0n) is 13.5. The highest BCUT2D eigenvalue weighted by atomic mass is 32.2. The van der Waals surface area contributed by atoms with Crippen molar-refractivity contribution >= 4 is 10.0 Å². The van der Waals surface area contributed by atoms with Crippen LogP contribution in [0.15, 0.2) is 18.2 Å². The van der Waals surface area contributed by atoms with Gasteiger partial charge in [0.25, 0.3) is 0 Å². The third-order valence-electron chi connectivity index (χ3n) is 4.19. The minimum atomic E-state index is -3.30. The molecule has 6 heteroatoms. The van der Waals surface area contributed by atoms with Gasteiger partial charge in [-0.05, 0) is 43.9 Å². The molecule has 1 N–H and O–H groups in total. The van der Waals surface area contributed by atoms with E-state index < -0.39 is 10.0 Å². The summed E-state index contributed by atoms with van der Waals surface area (Å²) in [6.07, 6.45) is 4.30. The second kappa shape index (κ2) is 7.33. The molecule has 0 amide bonds. The van der Waals surface area contributed by atoms with Crippen LogP contribution in [0.1, 0.15) is 44.2 Å². The van der Waals surface area contributed by atoms with Crippen molar-refractivity contribution in [1.29, 1.82) is 0 Å². The molecule has 2 rings (SSSR count). The van der Waals surface area contributed by atoms with E-state index in [4.69, 9.17) is 9.47 Å². The molecule has 5 nitrogen and oxygen atoms in total. The van der Waals surface area contributed by atoms with Gasteiger partial charge in [0.05, 0.1) is 20.0 Å². The van der Waals surface area contributed by atoms with E-state index in [0.717, 1.165) is 31.2 Å². The van der Waals surface area contributed by atoms with Gasteiger partial charge in [-0.1, -0.05) is 12.8 Å². The standard InChI is InChI=1S/C16H25NO4S/c1-12(15-10-14(20-2)8-9-16(15)21-3)17-22(18,19)11-13-6-4-5-7-13/h8-10,12-13,17H,4-7,11H2,1-3H3/t12-/m0/s1. The fourth-order valence-electron chi connectivity index (χ4n) is 3.05. The smallest absolute Gasteiger partial charge is 0.212 e. The number of sulfonamides is 1. The van der Waals surface area contributed by atoms with E-state index in [1.807, 2.05) is 13.0 Å². The van der Waals surface area contributed by atoms with Gasteiger partial charge in [-0.2, -0.15) is 0 Å². The van der Waals surface area contributed by atoms with Crippen LogP contribution in [0.5, 0.6) is 11.5 Å². The lowest BCUT2D eigenvalue weighted by Gasteiger charge is -2.19. The normalized spacial score (nSPS) is 17.4. The number of nitrogens with one attached hydrogen (secondary N) is 1. The van der Waals surface area contributed by atoms with Crippen molar-refractivity contribution in [3.8, 4) is 11.5 Å². The molecule has 0 spiro atoms. The van der Waals surface area contributed by atoms with Gasteiger partial charge in [0.15, 0.2) is 0 Å².